The van der Waals surface area contributed by atoms with E-state index in [4.69, 9.17) is 0 Å². The first-order valence-corrected chi connectivity index (χ1v) is 7.55. The van der Waals surface area contributed by atoms with E-state index in [-0.39, 0.29) is 17.9 Å². The Labute approximate surface area is 141 Å². The summed E-state index contributed by atoms with van der Waals surface area (Å²) in [7, 11) is 1.34. The quantitative estimate of drug-likeness (QED) is 0.467. The average Bonchev–Trinajstić information content (AvgIpc) is 2.65. The molecule has 2 rings (SSSR count). The van der Waals surface area contributed by atoms with Crippen molar-refractivity contribution in [3.8, 4) is 0 Å². The number of carbonyl (C=O) groups excluding carboxylic acids is 2. The molecule has 0 aromatic heterocycles. The van der Waals surface area contributed by atoms with Crippen molar-refractivity contribution in [2.45, 2.75) is 12.5 Å². The molecule has 0 radical (unpaired) electrons. The molecule has 24 heavy (non-hydrogen) atoms. The van der Waals surface area contributed by atoms with Crippen molar-refractivity contribution in [1.29, 1.82) is 0 Å². The van der Waals surface area contributed by atoms with E-state index in [1.807, 2.05) is 30.3 Å². The summed E-state index contributed by atoms with van der Waals surface area (Å²) in [5.41, 5.74) is 7.69. The van der Waals surface area contributed by atoms with Gasteiger partial charge in [-0.1, -0.05) is 36.4 Å². The van der Waals surface area contributed by atoms with Gasteiger partial charge in [-0.15, -0.1) is 6.58 Å². The Morgan fingerprint density at radius 3 is 2.33 bits per heavy atom. The first kappa shape index (κ1) is 17.4. The van der Waals surface area contributed by atoms with Gasteiger partial charge in [0.25, 0.3) is 5.91 Å². The van der Waals surface area contributed by atoms with Crippen LogP contribution in [0.3, 0.4) is 0 Å². The van der Waals surface area contributed by atoms with E-state index in [9.17, 15) is 9.59 Å². The molecule has 0 heterocycles. The number of rotatable bonds is 7. The minimum absolute atomic E-state index is 0.151. The molecule has 0 aliphatic carbocycles. The van der Waals surface area contributed by atoms with Crippen LogP contribution in [0.1, 0.15) is 38.7 Å². The lowest BCUT2D eigenvalue weighted by atomic mass is 10.0. The highest BCUT2D eigenvalue weighted by Crippen LogP contribution is 2.17. The summed E-state index contributed by atoms with van der Waals surface area (Å²) in [4.78, 5) is 23.6. The lowest BCUT2D eigenvalue weighted by Gasteiger charge is -2.18. The first-order chi connectivity index (χ1) is 11.7. The van der Waals surface area contributed by atoms with E-state index in [0.29, 0.717) is 17.5 Å². The SMILES string of the molecule is C=CC[C@H](NNC(=O)c1ccccc1)c1ccc(C(=O)OC)cc1. The number of methoxy groups -OCH3 is 1. The number of benzene rings is 2. The van der Waals surface area contributed by atoms with Crippen LogP contribution < -0.4 is 10.9 Å². The molecule has 1 atom stereocenters. The van der Waals surface area contributed by atoms with Gasteiger partial charge in [-0.25, -0.2) is 10.2 Å². The van der Waals surface area contributed by atoms with Gasteiger partial charge in [-0.05, 0) is 36.2 Å². The van der Waals surface area contributed by atoms with Crippen molar-refractivity contribution < 1.29 is 14.3 Å². The number of amides is 1. The minimum Gasteiger partial charge on any atom is -0.465 e. The summed E-state index contributed by atoms with van der Waals surface area (Å²) in [6, 6.07) is 15.8. The van der Waals surface area contributed by atoms with Crippen LogP contribution in [0, 0.1) is 0 Å². The number of hydrazine groups is 1. The van der Waals surface area contributed by atoms with Crippen LogP contribution in [-0.2, 0) is 4.74 Å². The molecule has 5 heteroatoms. The van der Waals surface area contributed by atoms with Gasteiger partial charge >= 0.3 is 5.97 Å². The zero-order valence-electron chi connectivity index (χ0n) is 13.5. The zero-order chi connectivity index (χ0) is 17.4. The monoisotopic (exact) mass is 324 g/mol. The molecule has 0 saturated carbocycles. The van der Waals surface area contributed by atoms with Gasteiger partial charge in [0.2, 0.25) is 0 Å². The second-order valence-corrected chi connectivity index (χ2v) is 5.16. The zero-order valence-corrected chi connectivity index (χ0v) is 13.5. The van der Waals surface area contributed by atoms with Gasteiger partial charge in [0.1, 0.15) is 0 Å². The second-order valence-electron chi connectivity index (χ2n) is 5.16. The van der Waals surface area contributed by atoms with Gasteiger partial charge in [0.05, 0.1) is 18.7 Å². The van der Waals surface area contributed by atoms with Gasteiger partial charge in [0, 0.05) is 5.56 Å². The molecule has 0 unspecified atom stereocenters. The Kier molecular flexibility index (Phi) is 6.28. The number of nitrogens with one attached hydrogen (secondary N) is 2. The molecule has 0 fully saturated rings. The third kappa shape index (κ3) is 4.54. The largest absolute Gasteiger partial charge is 0.465 e. The van der Waals surface area contributed by atoms with E-state index < -0.39 is 0 Å². The van der Waals surface area contributed by atoms with E-state index in [1.165, 1.54) is 7.11 Å². The standard InChI is InChI=1S/C19H20N2O3/c1-3-7-17(14-10-12-16(13-11-14)19(23)24-2)20-21-18(22)15-8-5-4-6-9-15/h3-6,8-13,17,20H,1,7H2,2H3,(H,21,22)/t17-/m0/s1. The van der Waals surface area contributed by atoms with Crippen molar-refractivity contribution in [2.24, 2.45) is 0 Å². The van der Waals surface area contributed by atoms with E-state index in [1.54, 1.807) is 30.3 Å². The number of hydrogen-bond donors (Lipinski definition) is 2. The van der Waals surface area contributed by atoms with Crippen molar-refractivity contribution >= 4 is 11.9 Å². The Morgan fingerprint density at radius 2 is 1.75 bits per heavy atom. The van der Waals surface area contributed by atoms with E-state index in [2.05, 4.69) is 22.2 Å². The number of hydrogen-bond acceptors (Lipinski definition) is 4. The predicted molar refractivity (Wildman–Crippen MR) is 92.4 cm³/mol. The maximum atomic E-state index is 12.1. The van der Waals surface area contributed by atoms with Crippen LogP contribution in [0.25, 0.3) is 0 Å². The molecule has 1 amide bonds. The number of esters is 1. The fourth-order valence-corrected chi connectivity index (χ4v) is 2.23. The summed E-state index contributed by atoms with van der Waals surface area (Å²) in [5, 5.41) is 0. The molecular weight excluding hydrogens is 304 g/mol. The smallest absolute Gasteiger partial charge is 0.337 e. The Hall–Kier alpha value is -2.92. The van der Waals surface area contributed by atoms with Crippen LogP contribution in [0.5, 0.6) is 0 Å². The summed E-state index contributed by atoms with van der Waals surface area (Å²) >= 11 is 0. The Bertz CT molecular complexity index is 696. The molecule has 0 saturated heterocycles. The predicted octanol–water partition coefficient (Wildman–Crippen LogP) is 3.03. The highest BCUT2D eigenvalue weighted by molar-refractivity contribution is 5.93. The normalized spacial score (nSPS) is 11.4. The van der Waals surface area contributed by atoms with Crippen molar-refractivity contribution in [2.75, 3.05) is 7.11 Å². The molecule has 0 bridgehead atoms. The molecule has 0 aliphatic rings. The number of ether oxygens (including phenoxy) is 1. The second kappa shape index (κ2) is 8.64. The molecular formula is C19H20N2O3. The molecule has 5 nitrogen and oxygen atoms in total. The highest BCUT2D eigenvalue weighted by Gasteiger charge is 2.13. The minimum atomic E-state index is -0.382. The van der Waals surface area contributed by atoms with Gasteiger partial charge in [-0.2, -0.15) is 0 Å². The van der Waals surface area contributed by atoms with Crippen molar-refractivity contribution in [1.82, 2.24) is 10.9 Å². The molecule has 2 aromatic carbocycles. The fraction of sp³-hybridized carbons (Fsp3) is 0.158. The van der Waals surface area contributed by atoms with E-state index >= 15 is 0 Å². The highest BCUT2D eigenvalue weighted by atomic mass is 16.5. The third-order valence-electron chi connectivity index (χ3n) is 3.53. The summed E-state index contributed by atoms with van der Waals surface area (Å²) < 4.78 is 4.68. The average molecular weight is 324 g/mol. The van der Waals surface area contributed by atoms with Gasteiger partial charge < -0.3 is 4.74 Å². The maximum Gasteiger partial charge on any atom is 0.337 e. The summed E-state index contributed by atoms with van der Waals surface area (Å²) in [5.74, 6) is -0.594. The lowest BCUT2D eigenvalue weighted by molar-refractivity contribution is 0.0600. The molecule has 0 spiro atoms. The Balaban J connectivity index is 2.05. The topological polar surface area (TPSA) is 67.4 Å². The van der Waals surface area contributed by atoms with Crippen LogP contribution in [-0.4, -0.2) is 19.0 Å². The fourth-order valence-electron chi connectivity index (χ4n) is 2.23. The van der Waals surface area contributed by atoms with Crippen LogP contribution in [0.4, 0.5) is 0 Å². The van der Waals surface area contributed by atoms with Crippen LogP contribution >= 0.6 is 0 Å². The van der Waals surface area contributed by atoms with Crippen molar-refractivity contribution in [3.05, 3.63) is 83.9 Å². The van der Waals surface area contributed by atoms with Gasteiger partial charge in [-0.3, -0.25) is 10.2 Å². The van der Waals surface area contributed by atoms with Crippen molar-refractivity contribution in [3.63, 3.8) is 0 Å². The third-order valence-corrected chi connectivity index (χ3v) is 3.53. The Morgan fingerprint density at radius 1 is 1.08 bits per heavy atom. The molecule has 124 valence electrons. The first-order valence-electron chi connectivity index (χ1n) is 7.55. The summed E-state index contributed by atoms with van der Waals surface area (Å²) in [6.07, 6.45) is 2.38. The molecule has 2 aromatic rings. The van der Waals surface area contributed by atoms with Crippen LogP contribution in [0.2, 0.25) is 0 Å². The summed E-state index contributed by atoms with van der Waals surface area (Å²) in [6.45, 7) is 3.74. The lowest BCUT2D eigenvalue weighted by Crippen LogP contribution is -2.39. The number of carbonyl (C=O) groups is 2. The maximum absolute atomic E-state index is 12.1. The van der Waals surface area contributed by atoms with Crippen LogP contribution in [0.15, 0.2) is 67.3 Å². The van der Waals surface area contributed by atoms with Gasteiger partial charge in [0.15, 0.2) is 0 Å². The molecule has 2 N–H and O–H groups in total. The van der Waals surface area contributed by atoms with E-state index in [0.717, 1.165) is 5.56 Å². The molecule has 0 aliphatic heterocycles.